The van der Waals surface area contributed by atoms with Gasteiger partial charge in [-0.25, -0.2) is 0 Å². The van der Waals surface area contributed by atoms with E-state index in [1.807, 2.05) is 6.92 Å². The second-order valence-electron chi connectivity index (χ2n) is 3.52. The maximum atomic E-state index is 12.0. The molecule has 1 aromatic carbocycles. The monoisotopic (exact) mass is 283 g/mol. The third kappa shape index (κ3) is 2.60. The van der Waals surface area contributed by atoms with Crippen molar-refractivity contribution < 1.29 is 9.90 Å². The molecular weight excluding hydrogens is 274 g/mol. The summed E-state index contributed by atoms with van der Waals surface area (Å²) in [4.78, 5) is 12.5. The molecule has 2 aromatic rings. The Morgan fingerprint density at radius 2 is 2.33 bits per heavy atom. The minimum atomic E-state index is -0.274. The van der Waals surface area contributed by atoms with Crippen molar-refractivity contribution in [3.05, 3.63) is 33.8 Å². The number of aromatic hydroxyl groups is 1. The zero-order valence-corrected chi connectivity index (χ0v) is 11.0. The van der Waals surface area contributed by atoms with Crippen LogP contribution in [-0.2, 0) is 6.42 Å². The van der Waals surface area contributed by atoms with Crippen LogP contribution in [0, 0.1) is 0 Å². The summed E-state index contributed by atoms with van der Waals surface area (Å²) in [6.45, 7) is 1.91. The van der Waals surface area contributed by atoms with Crippen LogP contribution in [-0.4, -0.2) is 20.6 Å². The molecule has 5 nitrogen and oxygen atoms in total. The van der Waals surface area contributed by atoms with Crippen molar-refractivity contribution in [3.63, 3.8) is 0 Å². The predicted octanol–water partition coefficient (Wildman–Crippen LogP) is 2.71. The smallest absolute Gasteiger partial charge is 0.269 e. The molecule has 0 bridgehead atoms. The van der Waals surface area contributed by atoms with Gasteiger partial charge in [-0.2, -0.15) is 0 Å². The lowest BCUT2D eigenvalue weighted by Gasteiger charge is -2.05. The summed E-state index contributed by atoms with van der Waals surface area (Å²) >= 11 is 6.81. The molecule has 0 aliphatic heterocycles. The SMILES string of the molecule is CCc1nnsc1C(=O)Nc1ccc(O)c(Cl)c1. The maximum absolute atomic E-state index is 12.0. The number of amides is 1. The highest BCUT2D eigenvalue weighted by molar-refractivity contribution is 7.08. The number of hydrogen-bond donors (Lipinski definition) is 2. The summed E-state index contributed by atoms with van der Waals surface area (Å²) in [5.74, 6) is -0.299. The Labute approximate surface area is 113 Å². The number of hydrogen-bond acceptors (Lipinski definition) is 5. The number of rotatable bonds is 3. The van der Waals surface area contributed by atoms with Crippen LogP contribution < -0.4 is 5.32 Å². The molecule has 18 heavy (non-hydrogen) atoms. The first-order valence-corrected chi connectivity index (χ1v) is 6.38. The summed E-state index contributed by atoms with van der Waals surface area (Å²) in [7, 11) is 0. The Morgan fingerprint density at radius 3 is 3.00 bits per heavy atom. The number of anilines is 1. The molecule has 0 aliphatic rings. The van der Waals surface area contributed by atoms with Crippen molar-refractivity contribution >= 4 is 34.7 Å². The lowest BCUT2D eigenvalue weighted by atomic mass is 10.2. The van der Waals surface area contributed by atoms with Gasteiger partial charge in [-0.1, -0.05) is 23.0 Å². The van der Waals surface area contributed by atoms with Gasteiger partial charge in [-0.3, -0.25) is 4.79 Å². The van der Waals surface area contributed by atoms with Gasteiger partial charge in [-0.15, -0.1) is 5.10 Å². The molecule has 0 spiro atoms. The van der Waals surface area contributed by atoms with E-state index in [0.717, 1.165) is 11.5 Å². The van der Waals surface area contributed by atoms with E-state index in [1.165, 1.54) is 12.1 Å². The number of aromatic nitrogens is 2. The van der Waals surface area contributed by atoms with E-state index in [4.69, 9.17) is 11.6 Å². The predicted molar refractivity (Wildman–Crippen MR) is 70.4 cm³/mol. The molecule has 2 rings (SSSR count). The number of carbonyl (C=O) groups excluding carboxylic acids is 1. The van der Waals surface area contributed by atoms with E-state index in [0.29, 0.717) is 22.7 Å². The fourth-order valence-corrected chi connectivity index (χ4v) is 2.21. The first-order valence-electron chi connectivity index (χ1n) is 5.23. The maximum Gasteiger partial charge on any atom is 0.269 e. The van der Waals surface area contributed by atoms with Crippen LogP contribution in [0.4, 0.5) is 5.69 Å². The summed E-state index contributed by atoms with van der Waals surface area (Å²) in [6, 6.07) is 4.47. The van der Waals surface area contributed by atoms with Crippen molar-refractivity contribution in [2.24, 2.45) is 0 Å². The highest BCUT2D eigenvalue weighted by Gasteiger charge is 2.15. The minimum absolute atomic E-state index is 0.0247. The summed E-state index contributed by atoms with van der Waals surface area (Å²) in [6.07, 6.45) is 0.648. The lowest BCUT2D eigenvalue weighted by molar-refractivity contribution is 0.102. The van der Waals surface area contributed by atoms with E-state index < -0.39 is 0 Å². The van der Waals surface area contributed by atoms with Crippen LogP contribution in [0.5, 0.6) is 5.75 Å². The molecule has 0 radical (unpaired) electrons. The van der Waals surface area contributed by atoms with Gasteiger partial charge in [0.05, 0.1) is 10.7 Å². The van der Waals surface area contributed by atoms with Crippen LogP contribution in [0.3, 0.4) is 0 Å². The largest absolute Gasteiger partial charge is 0.506 e. The number of nitrogens with zero attached hydrogens (tertiary/aromatic N) is 2. The zero-order chi connectivity index (χ0) is 13.1. The van der Waals surface area contributed by atoms with Crippen LogP contribution >= 0.6 is 23.1 Å². The van der Waals surface area contributed by atoms with Crippen molar-refractivity contribution in [1.82, 2.24) is 9.59 Å². The lowest BCUT2D eigenvalue weighted by Crippen LogP contribution is -2.12. The quantitative estimate of drug-likeness (QED) is 0.849. The average molecular weight is 284 g/mol. The highest BCUT2D eigenvalue weighted by atomic mass is 35.5. The van der Waals surface area contributed by atoms with Gasteiger partial charge in [0, 0.05) is 5.69 Å². The molecule has 1 aromatic heterocycles. The number of halogens is 1. The van der Waals surface area contributed by atoms with E-state index >= 15 is 0 Å². The molecular formula is C11H10ClN3O2S. The number of phenolic OH excluding ortho intramolecular Hbond substituents is 1. The zero-order valence-electron chi connectivity index (χ0n) is 9.48. The fraction of sp³-hybridized carbons (Fsp3) is 0.182. The van der Waals surface area contributed by atoms with Crippen LogP contribution in [0.2, 0.25) is 5.02 Å². The Hall–Kier alpha value is -1.66. The number of aryl methyl sites for hydroxylation is 1. The van der Waals surface area contributed by atoms with Gasteiger partial charge in [0.1, 0.15) is 10.6 Å². The van der Waals surface area contributed by atoms with Gasteiger partial charge in [0.2, 0.25) is 0 Å². The molecule has 94 valence electrons. The molecule has 1 heterocycles. The minimum Gasteiger partial charge on any atom is -0.506 e. The van der Waals surface area contributed by atoms with E-state index in [9.17, 15) is 9.90 Å². The summed E-state index contributed by atoms with van der Waals surface area (Å²) < 4.78 is 3.75. The third-order valence-corrected chi connectivity index (χ3v) is 3.37. The molecule has 1 amide bonds. The van der Waals surface area contributed by atoms with Crippen LogP contribution in [0.25, 0.3) is 0 Å². The molecule has 0 fully saturated rings. The van der Waals surface area contributed by atoms with Gasteiger partial charge < -0.3 is 10.4 Å². The van der Waals surface area contributed by atoms with Gasteiger partial charge in [0.15, 0.2) is 0 Å². The Kier molecular flexibility index (Phi) is 3.78. The first kappa shape index (κ1) is 12.8. The second-order valence-corrected chi connectivity index (χ2v) is 4.68. The topological polar surface area (TPSA) is 75.1 Å². The molecule has 2 N–H and O–H groups in total. The Balaban J connectivity index is 2.19. The van der Waals surface area contributed by atoms with E-state index in [-0.39, 0.29) is 16.7 Å². The van der Waals surface area contributed by atoms with Crippen molar-refractivity contribution in [2.75, 3.05) is 5.32 Å². The molecule has 0 aliphatic carbocycles. The normalized spacial score (nSPS) is 10.3. The molecule has 0 saturated heterocycles. The summed E-state index contributed by atoms with van der Waals surface area (Å²) in [5, 5.41) is 16.0. The highest BCUT2D eigenvalue weighted by Crippen LogP contribution is 2.26. The van der Waals surface area contributed by atoms with E-state index in [1.54, 1.807) is 6.07 Å². The average Bonchev–Trinajstić information content (AvgIpc) is 2.82. The number of carbonyl (C=O) groups is 1. The van der Waals surface area contributed by atoms with Crippen molar-refractivity contribution in [3.8, 4) is 5.75 Å². The van der Waals surface area contributed by atoms with Gasteiger partial charge in [0.25, 0.3) is 5.91 Å². The van der Waals surface area contributed by atoms with Gasteiger partial charge >= 0.3 is 0 Å². The third-order valence-electron chi connectivity index (χ3n) is 2.30. The van der Waals surface area contributed by atoms with Gasteiger partial charge in [-0.05, 0) is 36.2 Å². The first-order chi connectivity index (χ1) is 8.61. The number of phenols is 1. The van der Waals surface area contributed by atoms with E-state index in [2.05, 4.69) is 14.9 Å². The second kappa shape index (κ2) is 5.32. The van der Waals surface area contributed by atoms with Crippen LogP contribution in [0.1, 0.15) is 22.3 Å². The Morgan fingerprint density at radius 1 is 1.56 bits per heavy atom. The van der Waals surface area contributed by atoms with Crippen molar-refractivity contribution in [1.29, 1.82) is 0 Å². The van der Waals surface area contributed by atoms with Crippen LogP contribution in [0.15, 0.2) is 18.2 Å². The molecule has 0 atom stereocenters. The Bertz CT molecular complexity index is 585. The number of benzene rings is 1. The molecule has 0 saturated carbocycles. The number of nitrogens with one attached hydrogen (secondary N) is 1. The fourth-order valence-electron chi connectivity index (χ4n) is 1.38. The molecule has 7 heteroatoms. The molecule has 0 unspecified atom stereocenters. The standard InChI is InChI=1S/C11H10ClN3O2S/c1-2-8-10(18-15-14-8)11(17)13-6-3-4-9(16)7(12)5-6/h3-5,16H,2H2,1H3,(H,13,17). The van der Waals surface area contributed by atoms with Crippen molar-refractivity contribution in [2.45, 2.75) is 13.3 Å². The summed E-state index contributed by atoms with van der Waals surface area (Å²) in [5.41, 5.74) is 1.18.